The predicted octanol–water partition coefficient (Wildman–Crippen LogP) is 1.60. The smallest absolute Gasteiger partial charge is 0.237 e. The van der Waals surface area contributed by atoms with Crippen LogP contribution in [0, 0.1) is 11.8 Å². The summed E-state index contributed by atoms with van der Waals surface area (Å²) in [6, 6.07) is -0.372. The van der Waals surface area contributed by atoms with E-state index in [0.29, 0.717) is 0 Å². The zero-order valence-corrected chi connectivity index (χ0v) is 12.8. The zero-order valence-electron chi connectivity index (χ0n) is 12.8. The Hall–Kier alpha value is -0.610. The molecule has 19 heavy (non-hydrogen) atoms. The topological polar surface area (TPSA) is 58.4 Å². The van der Waals surface area contributed by atoms with Crippen molar-refractivity contribution in [3.8, 4) is 0 Å². The Morgan fingerprint density at radius 3 is 2.79 bits per heavy atom. The van der Waals surface area contributed by atoms with Crippen LogP contribution in [0.1, 0.15) is 46.5 Å². The van der Waals surface area contributed by atoms with Crippen LogP contribution in [0.25, 0.3) is 0 Å². The molecule has 3 N–H and O–H groups in total. The second-order valence-corrected chi connectivity index (χ2v) is 6.32. The molecule has 4 nitrogen and oxygen atoms in total. The first kappa shape index (κ1) is 16.4. The van der Waals surface area contributed by atoms with E-state index in [2.05, 4.69) is 17.1 Å². The van der Waals surface area contributed by atoms with Gasteiger partial charge in [0.2, 0.25) is 5.91 Å². The van der Waals surface area contributed by atoms with Gasteiger partial charge in [-0.05, 0) is 50.6 Å². The van der Waals surface area contributed by atoms with Crippen LogP contribution in [0.15, 0.2) is 0 Å². The summed E-state index contributed by atoms with van der Waals surface area (Å²) in [4.78, 5) is 14.2. The lowest BCUT2D eigenvalue weighted by atomic mass is 10.0. The Kier molecular flexibility index (Phi) is 7.39. The van der Waals surface area contributed by atoms with Gasteiger partial charge in [0.25, 0.3) is 0 Å². The Morgan fingerprint density at radius 1 is 1.42 bits per heavy atom. The van der Waals surface area contributed by atoms with Crippen LogP contribution < -0.4 is 11.1 Å². The number of carbonyl (C=O) groups is 1. The number of likely N-dealkylation sites (tertiary alicyclic amines) is 1. The Balaban J connectivity index is 2.03. The molecule has 1 amide bonds. The molecule has 0 bridgehead atoms. The number of unbranched alkanes of at least 4 members (excludes halogenated alkanes) is 1. The molecule has 0 aromatic rings. The minimum Gasteiger partial charge on any atom is -0.355 e. The van der Waals surface area contributed by atoms with E-state index >= 15 is 0 Å². The molecule has 2 atom stereocenters. The minimum absolute atomic E-state index is 0.0124. The van der Waals surface area contributed by atoms with Gasteiger partial charge in [-0.3, -0.25) is 4.79 Å². The molecule has 1 heterocycles. The maximum absolute atomic E-state index is 11.6. The van der Waals surface area contributed by atoms with Gasteiger partial charge < -0.3 is 16.0 Å². The molecule has 1 rings (SSSR count). The lowest BCUT2D eigenvalue weighted by Gasteiger charge is -2.30. The van der Waals surface area contributed by atoms with Crippen LogP contribution in [0.3, 0.4) is 0 Å². The summed E-state index contributed by atoms with van der Waals surface area (Å²) in [6.45, 7) is 10.7. The molecular formula is C15H31N3O. The highest BCUT2D eigenvalue weighted by Gasteiger charge is 2.17. The van der Waals surface area contributed by atoms with E-state index in [-0.39, 0.29) is 17.9 Å². The third-order valence-corrected chi connectivity index (χ3v) is 3.96. The second kappa shape index (κ2) is 8.54. The average Bonchev–Trinajstić information content (AvgIpc) is 2.37. The SMILES string of the molecule is CC1CCCN(CCCCNC(=O)[C@@H](N)C(C)C)C1. The van der Waals surface area contributed by atoms with E-state index in [1.54, 1.807) is 0 Å². The van der Waals surface area contributed by atoms with Crippen molar-refractivity contribution >= 4 is 5.91 Å². The van der Waals surface area contributed by atoms with Crippen LogP contribution in [-0.2, 0) is 4.79 Å². The zero-order chi connectivity index (χ0) is 14.3. The van der Waals surface area contributed by atoms with E-state index in [1.165, 1.54) is 25.9 Å². The van der Waals surface area contributed by atoms with Gasteiger partial charge in [-0.2, -0.15) is 0 Å². The molecule has 1 fully saturated rings. The standard InChI is InChI=1S/C15H31N3O/c1-12(2)14(16)15(19)17-8-4-5-9-18-10-6-7-13(3)11-18/h12-14H,4-11,16H2,1-3H3,(H,17,19)/t13?,14-/m0/s1. The molecule has 1 aliphatic rings. The summed E-state index contributed by atoms with van der Waals surface area (Å²) in [5.41, 5.74) is 5.79. The quantitative estimate of drug-likeness (QED) is 0.690. The maximum Gasteiger partial charge on any atom is 0.237 e. The van der Waals surface area contributed by atoms with E-state index in [4.69, 9.17) is 5.73 Å². The number of hydrogen-bond acceptors (Lipinski definition) is 3. The van der Waals surface area contributed by atoms with Crippen molar-refractivity contribution in [3.63, 3.8) is 0 Å². The van der Waals surface area contributed by atoms with Crippen molar-refractivity contribution in [3.05, 3.63) is 0 Å². The maximum atomic E-state index is 11.6. The summed E-state index contributed by atoms with van der Waals surface area (Å²) in [5, 5.41) is 2.93. The number of carbonyl (C=O) groups excluding carboxylic acids is 1. The van der Waals surface area contributed by atoms with Crippen molar-refractivity contribution in [2.24, 2.45) is 17.6 Å². The Morgan fingerprint density at radius 2 is 2.16 bits per heavy atom. The summed E-state index contributed by atoms with van der Waals surface area (Å²) >= 11 is 0. The molecular weight excluding hydrogens is 238 g/mol. The fourth-order valence-corrected chi connectivity index (χ4v) is 2.58. The van der Waals surface area contributed by atoms with Crippen molar-refractivity contribution in [2.45, 2.75) is 52.5 Å². The third-order valence-electron chi connectivity index (χ3n) is 3.96. The monoisotopic (exact) mass is 269 g/mol. The summed E-state index contributed by atoms with van der Waals surface area (Å²) in [7, 11) is 0. The molecule has 112 valence electrons. The molecule has 0 aliphatic carbocycles. The fourth-order valence-electron chi connectivity index (χ4n) is 2.58. The largest absolute Gasteiger partial charge is 0.355 e. The molecule has 0 saturated carbocycles. The second-order valence-electron chi connectivity index (χ2n) is 6.32. The highest BCUT2D eigenvalue weighted by molar-refractivity contribution is 5.81. The molecule has 0 radical (unpaired) electrons. The third kappa shape index (κ3) is 6.39. The molecule has 0 aromatic carbocycles. The molecule has 4 heteroatoms. The predicted molar refractivity (Wildman–Crippen MR) is 79.9 cm³/mol. The first-order valence-electron chi connectivity index (χ1n) is 7.76. The first-order valence-corrected chi connectivity index (χ1v) is 7.76. The van der Waals surface area contributed by atoms with Crippen molar-refractivity contribution in [2.75, 3.05) is 26.2 Å². The van der Waals surface area contributed by atoms with Crippen LogP contribution in [0.2, 0.25) is 0 Å². The minimum atomic E-state index is -0.372. The molecule has 1 aliphatic heterocycles. The fraction of sp³-hybridized carbons (Fsp3) is 0.933. The molecule has 0 aromatic heterocycles. The lowest BCUT2D eigenvalue weighted by molar-refractivity contribution is -0.123. The van der Waals surface area contributed by atoms with E-state index in [0.717, 1.165) is 31.8 Å². The van der Waals surface area contributed by atoms with Gasteiger partial charge in [-0.1, -0.05) is 20.8 Å². The van der Waals surface area contributed by atoms with Crippen LogP contribution in [0.4, 0.5) is 0 Å². The van der Waals surface area contributed by atoms with Gasteiger partial charge in [0.1, 0.15) is 0 Å². The first-order chi connectivity index (χ1) is 9.00. The molecule has 1 saturated heterocycles. The van der Waals surface area contributed by atoms with E-state index in [9.17, 15) is 4.79 Å². The number of nitrogens with zero attached hydrogens (tertiary/aromatic N) is 1. The average molecular weight is 269 g/mol. The molecule has 0 spiro atoms. The van der Waals surface area contributed by atoms with Crippen LogP contribution >= 0.6 is 0 Å². The van der Waals surface area contributed by atoms with Gasteiger partial charge in [0.05, 0.1) is 6.04 Å². The molecule has 1 unspecified atom stereocenters. The number of piperidine rings is 1. The Bertz CT molecular complexity index is 268. The highest BCUT2D eigenvalue weighted by Crippen LogP contribution is 2.15. The summed E-state index contributed by atoms with van der Waals surface area (Å²) in [6.07, 6.45) is 4.91. The summed E-state index contributed by atoms with van der Waals surface area (Å²) in [5.74, 6) is 1.04. The number of nitrogens with two attached hydrogens (primary N) is 1. The highest BCUT2D eigenvalue weighted by atomic mass is 16.2. The van der Waals surface area contributed by atoms with Crippen LogP contribution in [-0.4, -0.2) is 43.0 Å². The van der Waals surface area contributed by atoms with Crippen molar-refractivity contribution in [1.29, 1.82) is 0 Å². The number of rotatable bonds is 7. The number of nitrogens with one attached hydrogen (secondary N) is 1. The lowest BCUT2D eigenvalue weighted by Crippen LogP contribution is -2.44. The summed E-state index contributed by atoms with van der Waals surface area (Å²) < 4.78 is 0. The van der Waals surface area contributed by atoms with Gasteiger partial charge in [-0.25, -0.2) is 0 Å². The van der Waals surface area contributed by atoms with Crippen LogP contribution in [0.5, 0.6) is 0 Å². The normalized spacial score (nSPS) is 22.5. The number of hydrogen-bond donors (Lipinski definition) is 2. The van der Waals surface area contributed by atoms with Gasteiger partial charge >= 0.3 is 0 Å². The Labute approximate surface area is 118 Å². The van der Waals surface area contributed by atoms with Gasteiger partial charge in [0.15, 0.2) is 0 Å². The van der Waals surface area contributed by atoms with Crippen molar-refractivity contribution < 1.29 is 4.79 Å². The van der Waals surface area contributed by atoms with Crippen molar-refractivity contribution in [1.82, 2.24) is 10.2 Å². The number of amides is 1. The van der Waals surface area contributed by atoms with E-state index < -0.39 is 0 Å². The van der Waals surface area contributed by atoms with Gasteiger partial charge in [-0.15, -0.1) is 0 Å². The van der Waals surface area contributed by atoms with E-state index in [1.807, 2.05) is 13.8 Å². The van der Waals surface area contributed by atoms with Gasteiger partial charge in [0, 0.05) is 13.1 Å².